The number of carbonyl (C=O) groups excluding carboxylic acids is 2. The summed E-state index contributed by atoms with van der Waals surface area (Å²) < 4.78 is 13.2. The van der Waals surface area contributed by atoms with Gasteiger partial charge in [-0.25, -0.2) is 9.29 Å². The Balaban J connectivity index is 1.93. The Hall–Kier alpha value is -2.46. The quantitative estimate of drug-likeness (QED) is 0.624. The summed E-state index contributed by atoms with van der Waals surface area (Å²) in [6.07, 6.45) is 1.58. The molecule has 110 valence electrons. The SMILES string of the molecule is O=C1C/C(=C\c2ccc(F)c(Cl)c2)C(=O)N1c1ccccc1. The molecule has 3 rings (SSSR count). The van der Waals surface area contributed by atoms with Gasteiger partial charge in [-0.3, -0.25) is 9.59 Å². The number of carbonyl (C=O) groups is 2. The molecule has 1 aliphatic rings. The fraction of sp³-hybridized carbons (Fsp3) is 0.0588. The van der Waals surface area contributed by atoms with E-state index in [4.69, 9.17) is 11.6 Å². The number of hydrogen-bond donors (Lipinski definition) is 0. The van der Waals surface area contributed by atoms with E-state index in [1.165, 1.54) is 18.2 Å². The smallest absolute Gasteiger partial charge is 0.261 e. The summed E-state index contributed by atoms with van der Waals surface area (Å²) >= 11 is 5.72. The third-order valence-corrected chi connectivity index (χ3v) is 3.66. The number of benzene rings is 2. The zero-order valence-corrected chi connectivity index (χ0v) is 12.2. The average Bonchev–Trinajstić information content (AvgIpc) is 2.78. The summed E-state index contributed by atoms with van der Waals surface area (Å²) in [5.41, 5.74) is 1.48. The topological polar surface area (TPSA) is 37.4 Å². The highest BCUT2D eigenvalue weighted by Gasteiger charge is 2.34. The number of amides is 2. The van der Waals surface area contributed by atoms with Gasteiger partial charge in [-0.1, -0.05) is 35.9 Å². The first-order valence-corrected chi connectivity index (χ1v) is 7.02. The lowest BCUT2D eigenvalue weighted by molar-refractivity contribution is -0.120. The van der Waals surface area contributed by atoms with Crippen LogP contribution < -0.4 is 4.90 Å². The van der Waals surface area contributed by atoms with Gasteiger partial charge >= 0.3 is 0 Å². The van der Waals surface area contributed by atoms with Gasteiger partial charge in [0.15, 0.2) is 0 Å². The predicted octanol–water partition coefficient (Wildman–Crippen LogP) is 3.83. The molecule has 0 atom stereocenters. The van der Waals surface area contributed by atoms with E-state index >= 15 is 0 Å². The molecule has 3 nitrogen and oxygen atoms in total. The van der Waals surface area contributed by atoms with Crippen LogP contribution in [-0.2, 0) is 9.59 Å². The van der Waals surface area contributed by atoms with E-state index in [0.29, 0.717) is 16.8 Å². The lowest BCUT2D eigenvalue weighted by atomic mass is 10.1. The van der Waals surface area contributed by atoms with Crippen molar-refractivity contribution in [3.8, 4) is 0 Å². The van der Waals surface area contributed by atoms with Crippen molar-refractivity contribution >= 4 is 35.2 Å². The van der Waals surface area contributed by atoms with E-state index in [1.807, 2.05) is 6.07 Å². The van der Waals surface area contributed by atoms with E-state index in [0.717, 1.165) is 4.90 Å². The normalized spacial score (nSPS) is 16.6. The van der Waals surface area contributed by atoms with Gasteiger partial charge in [0.1, 0.15) is 5.82 Å². The highest BCUT2D eigenvalue weighted by molar-refractivity contribution is 6.31. The highest BCUT2D eigenvalue weighted by Crippen LogP contribution is 2.28. The fourth-order valence-corrected chi connectivity index (χ4v) is 2.52. The van der Waals surface area contributed by atoms with E-state index in [9.17, 15) is 14.0 Å². The molecule has 22 heavy (non-hydrogen) atoms. The first-order chi connectivity index (χ1) is 10.6. The van der Waals surface area contributed by atoms with Crippen LogP contribution in [0, 0.1) is 5.82 Å². The summed E-state index contributed by atoms with van der Waals surface area (Å²) in [6, 6.07) is 12.9. The monoisotopic (exact) mass is 315 g/mol. The van der Waals surface area contributed by atoms with Crippen LogP contribution in [0.3, 0.4) is 0 Å². The summed E-state index contributed by atoms with van der Waals surface area (Å²) in [5, 5.41) is -0.0222. The number of rotatable bonds is 2. The first kappa shape index (κ1) is 14.5. The van der Waals surface area contributed by atoms with Crippen molar-refractivity contribution in [3.05, 3.63) is 70.5 Å². The molecule has 1 aliphatic heterocycles. The number of para-hydroxylation sites is 1. The molecule has 2 amide bonds. The first-order valence-electron chi connectivity index (χ1n) is 6.64. The standard InChI is InChI=1S/C17H11ClFNO2/c18-14-9-11(6-7-15(14)19)8-12-10-16(21)20(17(12)22)13-4-2-1-3-5-13/h1-9H,10H2/b12-8+. The maximum Gasteiger partial charge on any atom is 0.261 e. The Labute approximate surface area is 131 Å². The zero-order valence-electron chi connectivity index (χ0n) is 11.4. The molecule has 2 aromatic rings. The Kier molecular flexibility index (Phi) is 3.77. The van der Waals surface area contributed by atoms with Crippen molar-refractivity contribution < 1.29 is 14.0 Å². The number of nitrogens with zero attached hydrogens (tertiary/aromatic N) is 1. The number of hydrogen-bond acceptors (Lipinski definition) is 2. The third kappa shape index (κ3) is 2.65. The molecule has 0 aliphatic carbocycles. The van der Waals surface area contributed by atoms with Crippen LogP contribution >= 0.6 is 11.6 Å². The van der Waals surface area contributed by atoms with Crippen LogP contribution in [0.25, 0.3) is 6.08 Å². The molecule has 1 fully saturated rings. The molecule has 1 heterocycles. The van der Waals surface area contributed by atoms with Gasteiger partial charge in [0, 0.05) is 5.57 Å². The van der Waals surface area contributed by atoms with Gasteiger partial charge in [-0.05, 0) is 35.9 Å². The van der Waals surface area contributed by atoms with Crippen LogP contribution in [0.1, 0.15) is 12.0 Å². The minimum Gasteiger partial charge on any atom is -0.274 e. The molecule has 1 saturated heterocycles. The molecule has 0 spiro atoms. The van der Waals surface area contributed by atoms with Crippen molar-refractivity contribution in [1.29, 1.82) is 0 Å². The molecule has 0 unspecified atom stereocenters. The van der Waals surface area contributed by atoms with Crippen molar-refractivity contribution in [2.75, 3.05) is 4.90 Å². The Morgan fingerprint density at radius 1 is 1.09 bits per heavy atom. The molecule has 0 bridgehead atoms. The zero-order chi connectivity index (χ0) is 15.7. The predicted molar refractivity (Wildman–Crippen MR) is 82.9 cm³/mol. The molecule has 0 aromatic heterocycles. The maximum atomic E-state index is 13.2. The van der Waals surface area contributed by atoms with E-state index in [1.54, 1.807) is 30.3 Å². The van der Waals surface area contributed by atoms with E-state index in [-0.39, 0.29) is 23.3 Å². The largest absolute Gasteiger partial charge is 0.274 e. The molecule has 0 N–H and O–H groups in total. The molecule has 2 aromatic carbocycles. The van der Waals surface area contributed by atoms with Gasteiger partial charge < -0.3 is 0 Å². The highest BCUT2D eigenvalue weighted by atomic mass is 35.5. The minimum absolute atomic E-state index is 0.0166. The van der Waals surface area contributed by atoms with Crippen molar-refractivity contribution in [2.45, 2.75) is 6.42 Å². The fourth-order valence-electron chi connectivity index (χ4n) is 2.33. The third-order valence-electron chi connectivity index (χ3n) is 3.37. The van der Waals surface area contributed by atoms with Crippen LogP contribution in [0.2, 0.25) is 5.02 Å². The van der Waals surface area contributed by atoms with Gasteiger partial charge in [0.25, 0.3) is 5.91 Å². The molecular weight excluding hydrogens is 305 g/mol. The Morgan fingerprint density at radius 2 is 1.82 bits per heavy atom. The number of imide groups is 1. The van der Waals surface area contributed by atoms with Gasteiger partial charge in [0.2, 0.25) is 5.91 Å². The van der Waals surface area contributed by atoms with Crippen LogP contribution in [0.15, 0.2) is 54.1 Å². The summed E-state index contributed by atoms with van der Waals surface area (Å²) in [6.45, 7) is 0. The maximum absolute atomic E-state index is 13.2. The summed E-state index contributed by atoms with van der Waals surface area (Å²) in [4.78, 5) is 25.6. The minimum atomic E-state index is -0.524. The molecule has 5 heteroatoms. The Morgan fingerprint density at radius 3 is 2.50 bits per heavy atom. The van der Waals surface area contributed by atoms with Gasteiger partial charge in [0.05, 0.1) is 17.1 Å². The summed E-state index contributed by atoms with van der Waals surface area (Å²) in [5.74, 6) is -1.17. The lowest BCUT2D eigenvalue weighted by Gasteiger charge is -2.12. The van der Waals surface area contributed by atoms with Crippen molar-refractivity contribution in [2.24, 2.45) is 0 Å². The van der Waals surface area contributed by atoms with Crippen LogP contribution in [0.4, 0.5) is 10.1 Å². The van der Waals surface area contributed by atoms with Gasteiger partial charge in [-0.15, -0.1) is 0 Å². The number of halogens is 2. The van der Waals surface area contributed by atoms with E-state index in [2.05, 4.69) is 0 Å². The second-order valence-corrected chi connectivity index (χ2v) is 5.30. The molecular formula is C17H11ClFNO2. The Bertz CT molecular complexity index is 787. The molecule has 0 radical (unpaired) electrons. The average molecular weight is 316 g/mol. The van der Waals surface area contributed by atoms with Gasteiger partial charge in [-0.2, -0.15) is 0 Å². The lowest BCUT2D eigenvalue weighted by Crippen LogP contribution is -2.28. The summed E-state index contributed by atoms with van der Waals surface area (Å²) in [7, 11) is 0. The van der Waals surface area contributed by atoms with Crippen molar-refractivity contribution in [1.82, 2.24) is 0 Å². The second kappa shape index (κ2) is 5.73. The van der Waals surface area contributed by atoms with Crippen molar-refractivity contribution in [3.63, 3.8) is 0 Å². The van der Waals surface area contributed by atoms with E-state index < -0.39 is 5.82 Å². The second-order valence-electron chi connectivity index (χ2n) is 4.89. The number of anilines is 1. The van der Waals surface area contributed by atoms with Crippen LogP contribution in [-0.4, -0.2) is 11.8 Å². The van der Waals surface area contributed by atoms with Crippen LogP contribution in [0.5, 0.6) is 0 Å². The molecule has 0 saturated carbocycles.